The number of benzene rings is 1. The summed E-state index contributed by atoms with van der Waals surface area (Å²) in [5, 5.41) is 0.187. The number of thioether (sulfide) groups is 1. The summed E-state index contributed by atoms with van der Waals surface area (Å²) in [5.41, 5.74) is 9.62. The van der Waals surface area contributed by atoms with Crippen LogP contribution in [0.2, 0.25) is 0 Å². The summed E-state index contributed by atoms with van der Waals surface area (Å²) >= 11 is 1.35. The number of rotatable bonds is 9. The molecule has 0 unspecified atom stereocenters. The zero-order valence-corrected chi connectivity index (χ0v) is 17.7. The van der Waals surface area contributed by atoms with Crippen LogP contribution in [0.5, 0.6) is 0 Å². The molecule has 0 fully saturated rings. The van der Waals surface area contributed by atoms with Crippen LogP contribution < -0.4 is 10.6 Å². The average molecular weight is 398 g/mol. The number of hydrogen-bond acceptors (Lipinski definition) is 6. The minimum Gasteiger partial charge on any atom is -0.368 e. The van der Waals surface area contributed by atoms with Gasteiger partial charge in [0.25, 0.3) is 0 Å². The Morgan fingerprint density at radius 2 is 2.00 bits per heavy atom. The minimum atomic E-state index is -0.541. The van der Waals surface area contributed by atoms with Crippen molar-refractivity contribution in [3.8, 4) is 0 Å². The first kappa shape index (κ1) is 21.6. The predicted molar refractivity (Wildman–Crippen MR) is 119 cm³/mol. The fraction of sp³-hybridized carbons (Fsp3) is 0.333. The van der Waals surface area contributed by atoms with Crippen LogP contribution in [0.3, 0.4) is 0 Å². The van der Waals surface area contributed by atoms with Crippen molar-refractivity contribution in [3.05, 3.63) is 52.6 Å². The molecule has 1 heterocycles. The SMILES string of the molecule is C=NCc1c(N(C)C)nc(S[C@@H](C(N)=O)c2ccccc2)c(C=NC)c1CC. The lowest BCUT2D eigenvalue weighted by atomic mass is 10.0. The van der Waals surface area contributed by atoms with Crippen LogP contribution in [-0.4, -0.2) is 45.0 Å². The number of amides is 1. The summed E-state index contributed by atoms with van der Waals surface area (Å²) in [6.07, 6.45) is 2.58. The fourth-order valence-electron chi connectivity index (χ4n) is 3.08. The molecule has 2 rings (SSSR count). The lowest BCUT2D eigenvalue weighted by Gasteiger charge is -2.23. The molecule has 0 saturated heterocycles. The van der Waals surface area contributed by atoms with Crippen molar-refractivity contribution in [1.82, 2.24) is 4.98 Å². The Bertz CT molecular complexity index is 865. The Kier molecular flexibility index (Phi) is 7.75. The zero-order chi connectivity index (χ0) is 20.7. The van der Waals surface area contributed by atoms with E-state index in [-0.39, 0.29) is 0 Å². The number of carbonyl (C=O) groups is 1. The van der Waals surface area contributed by atoms with Crippen molar-refractivity contribution in [1.29, 1.82) is 0 Å². The van der Waals surface area contributed by atoms with E-state index >= 15 is 0 Å². The smallest absolute Gasteiger partial charge is 0.235 e. The maximum absolute atomic E-state index is 12.2. The molecule has 28 heavy (non-hydrogen) atoms. The molecule has 7 heteroatoms. The van der Waals surface area contributed by atoms with Crippen LogP contribution in [0.25, 0.3) is 0 Å². The molecule has 1 aromatic heterocycles. The molecule has 2 N–H and O–H groups in total. The van der Waals surface area contributed by atoms with Gasteiger partial charge in [0.2, 0.25) is 5.91 Å². The molecule has 0 aliphatic rings. The summed E-state index contributed by atoms with van der Waals surface area (Å²) in [7, 11) is 5.61. The number of aromatic nitrogens is 1. The number of hydrogen-bond donors (Lipinski definition) is 1. The predicted octanol–water partition coefficient (Wildman–Crippen LogP) is 3.28. The third kappa shape index (κ3) is 4.78. The lowest BCUT2D eigenvalue weighted by Crippen LogP contribution is -2.21. The fourth-order valence-corrected chi connectivity index (χ4v) is 4.16. The molecule has 1 aromatic carbocycles. The molecule has 0 saturated carbocycles. The maximum Gasteiger partial charge on any atom is 0.235 e. The van der Waals surface area contributed by atoms with Crippen LogP contribution in [0.1, 0.15) is 34.4 Å². The molecule has 148 valence electrons. The van der Waals surface area contributed by atoms with E-state index in [9.17, 15) is 4.79 Å². The largest absolute Gasteiger partial charge is 0.368 e. The number of pyridine rings is 1. The molecule has 0 aliphatic heterocycles. The first-order chi connectivity index (χ1) is 13.4. The van der Waals surface area contributed by atoms with Gasteiger partial charge >= 0.3 is 0 Å². The van der Waals surface area contributed by atoms with Gasteiger partial charge in [0.1, 0.15) is 16.1 Å². The molecule has 0 spiro atoms. The van der Waals surface area contributed by atoms with Crippen molar-refractivity contribution >= 4 is 36.4 Å². The van der Waals surface area contributed by atoms with E-state index in [1.165, 1.54) is 11.8 Å². The van der Waals surface area contributed by atoms with Gasteiger partial charge in [-0.25, -0.2) is 4.98 Å². The second-order valence-corrected chi connectivity index (χ2v) is 7.53. The van der Waals surface area contributed by atoms with E-state index in [1.54, 1.807) is 13.3 Å². The number of primary amides is 1. The van der Waals surface area contributed by atoms with Crippen LogP contribution in [0, 0.1) is 0 Å². The van der Waals surface area contributed by atoms with Gasteiger partial charge in [-0.2, -0.15) is 0 Å². The number of anilines is 1. The second-order valence-electron chi connectivity index (χ2n) is 6.44. The summed E-state index contributed by atoms with van der Waals surface area (Å²) in [4.78, 5) is 27.4. The van der Waals surface area contributed by atoms with E-state index < -0.39 is 11.2 Å². The first-order valence-corrected chi connectivity index (χ1v) is 9.91. The molecule has 0 radical (unpaired) electrons. The zero-order valence-electron chi connectivity index (χ0n) is 16.8. The van der Waals surface area contributed by atoms with E-state index in [2.05, 4.69) is 23.6 Å². The molecular formula is C21H27N5OS. The highest BCUT2D eigenvalue weighted by Gasteiger charge is 2.25. The Hall–Kier alpha value is -2.67. The van der Waals surface area contributed by atoms with Crippen molar-refractivity contribution in [2.24, 2.45) is 15.7 Å². The maximum atomic E-state index is 12.2. The van der Waals surface area contributed by atoms with Gasteiger partial charge in [-0.3, -0.25) is 14.8 Å². The van der Waals surface area contributed by atoms with Crippen LogP contribution in [0.15, 0.2) is 45.3 Å². The number of nitrogens with two attached hydrogens (primary N) is 1. The van der Waals surface area contributed by atoms with Crippen LogP contribution in [-0.2, 0) is 17.8 Å². The van der Waals surface area contributed by atoms with Crippen molar-refractivity contribution < 1.29 is 4.79 Å². The molecule has 0 aliphatic carbocycles. The monoisotopic (exact) mass is 397 g/mol. The molecule has 2 aromatic rings. The minimum absolute atomic E-state index is 0.404. The van der Waals surface area contributed by atoms with Gasteiger partial charge in [0, 0.05) is 38.5 Å². The summed E-state index contributed by atoms with van der Waals surface area (Å²) < 4.78 is 0. The third-order valence-electron chi connectivity index (χ3n) is 4.29. The summed E-state index contributed by atoms with van der Waals surface area (Å²) in [6, 6.07) is 9.51. The van der Waals surface area contributed by atoms with Crippen LogP contribution in [0.4, 0.5) is 5.82 Å². The Labute approximate surface area is 171 Å². The van der Waals surface area contributed by atoms with Gasteiger partial charge in [0.05, 0.1) is 6.54 Å². The number of aliphatic imine (C=N–C) groups is 2. The average Bonchev–Trinajstić information content (AvgIpc) is 2.68. The van der Waals surface area contributed by atoms with E-state index in [4.69, 9.17) is 10.7 Å². The lowest BCUT2D eigenvalue weighted by molar-refractivity contribution is -0.117. The number of carbonyl (C=O) groups excluding carboxylic acids is 1. The molecule has 1 atom stereocenters. The van der Waals surface area contributed by atoms with E-state index in [0.717, 1.165) is 39.5 Å². The quantitative estimate of drug-likeness (QED) is 0.520. The van der Waals surface area contributed by atoms with Gasteiger partial charge < -0.3 is 10.6 Å². The summed E-state index contributed by atoms with van der Waals surface area (Å²) in [5.74, 6) is 0.412. The van der Waals surface area contributed by atoms with E-state index in [1.807, 2.05) is 49.3 Å². The normalized spacial score (nSPS) is 12.1. The Morgan fingerprint density at radius 3 is 2.50 bits per heavy atom. The third-order valence-corrected chi connectivity index (χ3v) is 5.57. The molecule has 1 amide bonds. The van der Waals surface area contributed by atoms with Gasteiger partial charge in [-0.15, -0.1) is 0 Å². The van der Waals surface area contributed by atoms with Gasteiger partial charge in [0.15, 0.2) is 0 Å². The second kappa shape index (κ2) is 10.0. The Morgan fingerprint density at radius 1 is 1.32 bits per heavy atom. The van der Waals surface area contributed by atoms with E-state index in [0.29, 0.717) is 6.54 Å². The Balaban J connectivity index is 2.68. The highest BCUT2D eigenvalue weighted by molar-refractivity contribution is 8.00. The van der Waals surface area contributed by atoms with Crippen molar-refractivity contribution in [2.75, 3.05) is 26.0 Å². The first-order valence-electron chi connectivity index (χ1n) is 9.03. The van der Waals surface area contributed by atoms with Crippen molar-refractivity contribution in [3.63, 3.8) is 0 Å². The molecular weight excluding hydrogens is 370 g/mol. The summed E-state index contributed by atoms with van der Waals surface area (Å²) in [6.45, 7) is 6.20. The number of nitrogens with zero attached hydrogens (tertiary/aromatic N) is 4. The molecule has 0 bridgehead atoms. The topological polar surface area (TPSA) is 83.9 Å². The highest BCUT2D eigenvalue weighted by atomic mass is 32.2. The van der Waals surface area contributed by atoms with Crippen LogP contribution >= 0.6 is 11.8 Å². The standard InChI is InChI=1S/C21H27N5OS/c1-6-15-16(12-23-2)20(26(4)5)25-21(17(15)13-24-3)28-18(19(22)27)14-10-8-7-9-11-14/h7-11,13,18H,2,6,12H2,1,3-5H3,(H2,22,27)/t18-/m1/s1. The highest BCUT2D eigenvalue weighted by Crippen LogP contribution is 2.39. The van der Waals surface area contributed by atoms with Gasteiger partial charge in [-0.05, 0) is 24.3 Å². The van der Waals surface area contributed by atoms with Gasteiger partial charge in [-0.1, -0.05) is 49.0 Å². The van der Waals surface area contributed by atoms with Crippen molar-refractivity contribution in [2.45, 2.75) is 30.2 Å². The molecule has 6 nitrogen and oxygen atoms in total.